The first-order chi connectivity index (χ1) is 9.93. The van der Waals surface area contributed by atoms with Crippen LogP contribution in [0, 0.1) is 0 Å². The van der Waals surface area contributed by atoms with Gasteiger partial charge >= 0.3 is 5.97 Å². The standard InChI is InChI=1S/C15H20ClNO4/c1-3-6-11(9-14(18)19)17-15(20)10(2)21-13-8-5-4-7-12(13)16/h4-5,7-8,10-11H,3,6,9H2,1-2H3,(H,17,20)(H,18,19). The van der Waals surface area contributed by atoms with Crippen LogP contribution >= 0.6 is 11.6 Å². The van der Waals surface area contributed by atoms with Crippen molar-refractivity contribution >= 4 is 23.5 Å². The van der Waals surface area contributed by atoms with Gasteiger partial charge in [-0.1, -0.05) is 37.1 Å². The number of para-hydroxylation sites is 1. The number of carbonyl (C=O) groups is 2. The average Bonchev–Trinajstić information content (AvgIpc) is 2.40. The summed E-state index contributed by atoms with van der Waals surface area (Å²) in [5.74, 6) is -0.866. The van der Waals surface area contributed by atoms with Gasteiger partial charge in [-0.25, -0.2) is 0 Å². The molecule has 0 saturated heterocycles. The van der Waals surface area contributed by atoms with Crippen LogP contribution in [-0.2, 0) is 9.59 Å². The molecule has 0 heterocycles. The van der Waals surface area contributed by atoms with E-state index in [4.69, 9.17) is 21.4 Å². The Labute approximate surface area is 129 Å². The van der Waals surface area contributed by atoms with E-state index in [9.17, 15) is 9.59 Å². The van der Waals surface area contributed by atoms with Gasteiger partial charge in [0.2, 0.25) is 0 Å². The smallest absolute Gasteiger partial charge is 0.305 e. The summed E-state index contributed by atoms with van der Waals surface area (Å²) in [7, 11) is 0. The Hall–Kier alpha value is -1.75. The molecular weight excluding hydrogens is 294 g/mol. The topological polar surface area (TPSA) is 75.6 Å². The highest BCUT2D eigenvalue weighted by Crippen LogP contribution is 2.24. The molecule has 2 atom stereocenters. The molecule has 5 nitrogen and oxygen atoms in total. The lowest BCUT2D eigenvalue weighted by molar-refractivity contribution is -0.138. The van der Waals surface area contributed by atoms with Gasteiger partial charge in [0.25, 0.3) is 5.91 Å². The monoisotopic (exact) mass is 313 g/mol. The number of rotatable bonds is 8. The first-order valence-electron chi connectivity index (χ1n) is 6.87. The number of nitrogens with one attached hydrogen (secondary N) is 1. The lowest BCUT2D eigenvalue weighted by Gasteiger charge is -2.20. The second kappa shape index (κ2) is 8.52. The summed E-state index contributed by atoms with van der Waals surface area (Å²) < 4.78 is 5.50. The third-order valence-electron chi connectivity index (χ3n) is 2.91. The van der Waals surface area contributed by atoms with Crippen LogP contribution in [0.15, 0.2) is 24.3 Å². The molecule has 0 aromatic heterocycles. The molecule has 1 rings (SSSR count). The van der Waals surface area contributed by atoms with Crippen molar-refractivity contribution in [1.29, 1.82) is 0 Å². The van der Waals surface area contributed by atoms with Gasteiger partial charge in [-0.15, -0.1) is 0 Å². The minimum atomic E-state index is -0.937. The van der Waals surface area contributed by atoms with E-state index in [2.05, 4.69) is 5.32 Å². The number of halogens is 1. The zero-order valence-corrected chi connectivity index (χ0v) is 12.9. The van der Waals surface area contributed by atoms with Crippen molar-refractivity contribution in [3.8, 4) is 5.75 Å². The Balaban J connectivity index is 2.60. The van der Waals surface area contributed by atoms with Crippen molar-refractivity contribution in [2.75, 3.05) is 0 Å². The molecule has 1 amide bonds. The van der Waals surface area contributed by atoms with Crippen LogP contribution in [-0.4, -0.2) is 29.1 Å². The molecule has 0 aliphatic rings. The van der Waals surface area contributed by atoms with Crippen molar-refractivity contribution < 1.29 is 19.4 Å². The van der Waals surface area contributed by atoms with Crippen molar-refractivity contribution in [3.63, 3.8) is 0 Å². The largest absolute Gasteiger partial charge is 0.481 e. The Morgan fingerprint density at radius 1 is 1.38 bits per heavy atom. The van der Waals surface area contributed by atoms with Crippen LogP contribution in [0.25, 0.3) is 0 Å². The lowest BCUT2D eigenvalue weighted by Crippen LogP contribution is -2.43. The quantitative estimate of drug-likeness (QED) is 0.774. The number of benzene rings is 1. The molecular formula is C15H20ClNO4. The predicted octanol–water partition coefficient (Wildman–Crippen LogP) is 2.87. The highest BCUT2D eigenvalue weighted by molar-refractivity contribution is 6.32. The fraction of sp³-hybridized carbons (Fsp3) is 0.467. The number of carboxylic acids is 1. The van der Waals surface area contributed by atoms with E-state index in [1.807, 2.05) is 6.92 Å². The van der Waals surface area contributed by atoms with Gasteiger partial charge in [0.1, 0.15) is 5.75 Å². The van der Waals surface area contributed by atoms with Gasteiger partial charge in [0, 0.05) is 6.04 Å². The lowest BCUT2D eigenvalue weighted by atomic mass is 10.1. The van der Waals surface area contributed by atoms with Crippen LogP contribution in [0.4, 0.5) is 0 Å². The van der Waals surface area contributed by atoms with E-state index in [-0.39, 0.29) is 12.3 Å². The molecule has 116 valence electrons. The first-order valence-corrected chi connectivity index (χ1v) is 7.25. The van der Waals surface area contributed by atoms with E-state index < -0.39 is 18.1 Å². The maximum atomic E-state index is 12.1. The molecule has 0 aliphatic carbocycles. The number of carboxylic acid groups (broad SMARTS) is 1. The van der Waals surface area contributed by atoms with E-state index in [1.54, 1.807) is 31.2 Å². The summed E-state index contributed by atoms with van der Waals surface area (Å²) in [6, 6.07) is 6.48. The van der Waals surface area contributed by atoms with Crippen molar-refractivity contribution in [3.05, 3.63) is 29.3 Å². The highest BCUT2D eigenvalue weighted by atomic mass is 35.5. The molecule has 2 unspecified atom stereocenters. The Bertz CT molecular complexity index is 492. The van der Waals surface area contributed by atoms with Gasteiger partial charge in [-0.05, 0) is 25.5 Å². The summed E-state index contributed by atoms with van der Waals surface area (Å²) in [6.45, 7) is 3.53. The van der Waals surface area contributed by atoms with Gasteiger partial charge in [0.05, 0.1) is 11.4 Å². The molecule has 0 fully saturated rings. The number of ether oxygens (including phenoxy) is 1. The van der Waals surface area contributed by atoms with Gasteiger partial charge < -0.3 is 15.2 Å². The van der Waals surface area contributed by atoms with Crippen molar-refractivity contribution in [1.82, 2.24) is 5.32 Å². The van der Waals surface area contributed by atoms with Crippen LogP contribution < -0.4 is 10.1 Å². The highest BCUT2D eigenvalue weighted by Gasteiger charge is 2.21. The van der Waals surface area contributed by atoms with Crippen LogP contribution in [0.3, 0.4) is 0 Å². The normalized spacial score (nSPS) is 13.3. The SMILES string of the molecule is CCCC(CC(=O)O)NC(=O)C(C)Oc1ccccc1Cl. The third-order valence-corrected chi connectivity index (χ3v) is 3.23. The van der Waals surface area contributed by atoms with E-state index in [1.165, 1.54) is 0 Å². The summed E-state index contributed by atoms with van der Waals surface area (Å²) in [5, 5.41) is 12.0. The third kappa shape index (κ3) is 6.04. The summed E-state index contributed by atoms with van der Waals surface area (Å²) in [5.41, 5.74) is 0. The van der Waals surface area contributed by atoms with Crippen LogP contribution in [0.5, 0.6) is 5.75 Å². The van der Waals surface area contributed by atoms with Crippen molar-refractivity contribution in [2.45, 2.75) is 45.3 Å². The number of hydrogen-bond acceptors (Lipinski definition) is 3. The fourth-order valence-corrected chi connectivity index (χ4v) is 2.07. The Kier molecular flexibility index (Phi) is 7.02. The second-order valence-corrected chi connectivity index (χ2v) is 5.19. The molecule has 0 aliphatic heterocycles. The van der Waals surface area contributed by atoms with Crippen LogP contribution in [0.1, 0.15) is 33.1 Å². The van der Waals surface area contributed by atoms with E-state index in [0.717, 1.165) is 6.42 Å². The maximum Gasteiger partial charge on any atom is 0.305 e. The molecule has 0 spiro atoms. The minimum Gasteiger partial charge on any atom is -0.481 e. The number of amides is 1. The van der Waals surface area contributed by atoms with Gasteiger partial charge in [-0.3, -0.25) is 9.59 Å². The number of hydrogen-bond donors (Lipinski definition) is 2. The summed E-state index contributed by atoms with van der Waals surface area (Å²) in [6.07, 6.45) is 0.547. The molecule has 21 heavy (non-hydrogen) atoms. The van der Waals surface area contributed by atoms with Gasteiger partial charge in [0.15, 0.2) is 6.10 Å². The molecule has 0 radical (unpaired) electrons. The second-order valence-electron chi connectivity index (χ2n) is 4.78. The fourth-order valence-electron chi connectivity index (χ4n) is 1.89. The molecule has 1 aromatic rings. The number of aliphatic carboxylic acids is 1. The zero-order valence-electron chi connectivity index (χ0n) is 12.1. The maximum absolute atomic E-state index is 12.1. The molecule has 0 bridgehead atoms. The molecule has 1 aromatic carbocycles. The average molecular weight is 314 g/mol. The summed E-state index contributed by atoms with van der Waals surface area (Å²) >= 11 is 5.96. The minimum absolute atomic E-state index is 0.0988. The zero-order chi connectivity index (χ0) is 15.8. The first kappa shape index (κ1) is 17.3. The molecule has 2 N–H and O–H groups in total. The Morgan fingerprint density at radius 2 is 2.05 bits per heavy atom. The van der Waals surface area contributed by atoms with Gasteiger partial charge in [-0.2, -0.15) is 0 Å². The molecule has 6 heteroatoms. The van der Waals surface area contributed by atoms with Crippen LogP contribution in [0.2, 0.25) is 5.02 Å². The number of carbonyl (C=O) groups excluding carboxylic acids is 1. The predicted molar refractivity (Wildman–Crippen MR) is 80.6 cm³/mol. The molecule has 0 saturated carbocycles. The van der Waals surface area contributed by atoms with E-state index >= 15 is 0 Å². The Morgan fingerprint density at radius 3 is 2.62 bits per heavy atom. The van der Waals surface area contributed by atoms with E-state index in [0.29, 0.717) is 17.2 Å². The summed E-state index contributed by atoms with van der Waals surface area (Å²) in [4.78, 5) is 22.8. The van der Waals surface area contributed by atoms with Crippen molar-refractivity contribution in [2.24, 2.45) is 0 Å².